The van der Waals surface area contributed by atoms with Crippen LogP contribution in [0.4, 0.5) is 17.6 Å². The van der Waals surface area contributed by atoms with Crippen LogP contribution in [0.15, 0.2) is 24.5 Å². The van der Waals surface area contributed by atoms with Crippen LogP contribution in [0.25, 0.3) is 0 Å². The number of halogens is 4. The molecule has 2 aromatic rings. The molecule has 1 aromatic heterocycles. The lowest BCUT2D eigenvalue weighted by molar-refractivity contribution is -0.140. The summed E-state index contributed by atoms with van der Waals surface area (Å²) in [7, 11) is 3.22. The topological polar surface area (TPSA) is 42.7 Å². The molecule has 114 valence electrons. The Morgan fingerprint density at radius 1 is 1.33 bits per heavy atom. The van der Waals surface area contributed by atoms with Gasteiger partial charge in [-0.1, -0.05) is 12.1 Å². The van der Waals surface area contributed by atoms with Crippen LogP contribution in [-0.2, 0) is 19.6 Å². The summed E-state index contributed by atoms with van der Waals surface area (Å²) in [5, 5.41) is 6.70. The summed E-state index contributed by atoms with van der Waals surface area (Å²) in [4.78, 5) is 4.00. The Balaban J connectivity index is 2.37. The molecule has 0 spiro atoms. The van der Waals surface area contributed by atoms with Crippen LogP contribution < -0.4 is 5.32 Å². The van der Waals surface area contributed by atoms with Gasteiger partial charge in [0, 0.05) is 25.1 Å². The predicted octanol–water partition coefficient (Wildman–Crippen LogP) is 2.48. The number of aromatic nitrogens is 3. The predicted molar refractivity (Wildman–Crippen MR) is 67.9 cm³/mol. The van der Waals surface area contributed by atoms with Crippen molar-refractivity contribution in [2.75, 3.05) is 7.05 Å². The van der Waals surface area contributed by atoms with Gasteiger partial charge >= 0.3 is 6.18 Å². The molecule has 0 saturated heterocycles. The standard InChI is InChI=1S/C13H14F4N4/c1-18-10(6-11-19-7-20-21(11)2)8-4-3-5-9(12(8)14)13(15,16)17/h3-5,7,10,18H,6H2,1-2H3. The molecule has 4 nitrogen and oxygen atoms in total. The highest BCUT2D eigenvalue weighted by molar-refractivity contribution is 5.31. The number of benzene rings is 1. The second kappa shape index (κ2) is 5.80. The minimum absolute atomic E-state index is 0.0460. The molecular weight excluding hydrogens is 288 g/mol. The third-order valence-corrected chi connectivity index (χ3v) is 3.25. The fourth-order valence-electron chi connectivity index (χ4n) is 2.09. The molecule has 0 fully saturated rings. The number of nitrogens with one attached hydrogen (secondary N) is 1. The molecule has 21 heavy (non-hydrogen) atoms. The number of aryl methyl sites for hydroxylation is 1. The molecule has 1 heterocycles. The van der Waals surface area contributed by atoms with Gasteiger partial charge in [-0.15, -0.1) is 0 Å². The zero-order valence-corrected chi connectivity index (χ0v) is 11.4. The number of hydrogen-bond donors (Lipinski definition) is 1. The van der Waals surface area contributed by atoms with Gasteiger partial charge in [0.05, 0.1) is 5.56 Å². The van der Waals surface area contributed by atoms with Crippen LogP contribution in [0, 0.1) is 5.82 Å². The van der Waals surface area contributed by atoms with E-state index in [4.69, 9.17) is 0 Å². The van der Waals surface area contributed by atoms with Crippen molar-refractivity contribution in [3.05, 3.63) is 47.3 Å². The van der Waals surface area contributed by atoms with Crippen LogP contribution in [0.1, 0.15) is 23.0 Å². The first-order valence-electron chi connectivity index (χ1n) is 6.20. The molecule has 1 unspecified atom stereocenters. The highest BCUT2D eigenvalue weighted by Crippen LogP contribution is 2.34. The van der Waals surface area contributed by atoms with E-state index in [1.165, 1.54) is 23.1 Å². The lowest BCUT2D eigenvalue weighted by Crippen LogP contribution is -2.23. The average Bonchev–Trinajstić information content (AvgIpc) is 2.81. The smallest absolute Gasteiger partial charge is 0.313 e. The molecule has 1 atom stereocenters. The molecule has 0 radical (unpaired) electrons. The van der Waals surface area contributed by atoms with E-state index in [1.807, 2.05) is 0 Å². The molecule has 1 N–H and O–H groups in total. The summed E-state index contributed by atoms with van der Waals surface area (Å²) in [5.74, 6) is -0.710. The maximum atomic E-state index is 14.1. The van der Waals surface area contributed by atoms with Crippen LogP contribution in [0.3, 0.4) is 0 Å². The Morgan fingerprint density at radius 2 is 2.05 bits per heavy atom. The third kappa shape index (κ3) is 3.21. The van der Waals surface area contributed by atoms with E-state index in [1.54, 1.807) is 14.1 Å². The van der Waals surface area contributed by atoms with E-state index < -0.39 is 23.6 Å². The number of hydrogen-bond acceptors (Lipinski definition) is 3. The van der Waals surface area contributed by atoms with Gasteiger partial charge in [-0.2, -0.15) is 18.3 Å². The van der Waals surface area contributed by atoms with Crippen molar-refractivity contribution in [2.24, 2.45) is 7.05 Å². The van der Waals surface area contributed by atoms with Gasteiger partial charge < -0.3 is 5.32 Å². The van der Waals surface area contributed by atoms with Crippen molar-refractivity contribution in [1.82, 2.24) is 20.1 Å². The Bertz CT molecular complexity index is 621. The number of alkyl halides is 3. The number of rotatable bonds is 4. The van der Waals surface area contributed by atoms with Gasteiger partial charge in [0.25, 0.3) is 0 Å². The quantitative estimate of drug-likeness (QED) is 0.882. The molecule has 0 saturated carbocycles. The molecule has 0 aliphatic carbocycles. The summed E-state index contributed by atoms with van der Waals surface area (Å²) in [6, 6.07) is 2.63. The maximum Gasteiger partial charge on any atom is 0.419 e. The van der Waals surface area contributed by atoms with Crippen molar-refractivity contribution >= 4 is 0 Å². The van der Waals surface area contributed by atoms with Crippen LogP contribution in [0.2, 0.25) is 0 Å². The minimum atomic E-state index is -4.72. The van der Waals surface area contributed by atoms with E-state index in [9.17, 15) is 17.6 Å². The Labute approximate surface area is 118 Å². The molecule has 1 aromatic carbocycles. The molecule has 0 bridgehead atoms. The first kappa shape index (κ1) is 15.4. The zero-order chi connectivity index (χ0) is 15.6. The third-order valence-electron chi connectivity index (χ3n) is 3.25. The summed E-state index contributed by atoms with van der Waals surface area (Å²) in [5.41, 5.74) is -1.31. The van der Waals surface area contributed by atoms with Gasteiger partial charge in [-0.3, -0.25) is 4.68 Å². The SMILES string of the molecule is CNC(Cc1ncnn1C)c1cccc(C(F)(F)F)c1F. The molecule has 8 heteroatoms. The largest absolute Gasteiger partial charge is 0.419 e. The van der Waals surface area contributed by atoms with Crippen molar-refractivity contribution in [3.8, 4) is 0 Å². The van der Waals surface area contributed by atoms with Gasteiger partial charge in [0.2, 0.25) is 0 Å². The number of nitrogens with zero attached hydrogens (tertiary/aromatic N) is 3. The van der Waals surface area contributed by atoms with Crippen molar-refractivity contribution in [2.45, 2.75) is 18.6 Å². The Kier molecular flexibility index (Phi) is 4.26. The fourth-order valence-corrected chi connectivity index (χ4v) is 2.09. The molecule has 0 aliphatic rings. The van der Waals surface area contributed by atoms with Gasteiger partial charge in [-0.05, 0) is 13.1 Å². The first-order valence-corrected chi connectivity index (χ1v) is 6.20. The normalized spacial score (nSPS) is 13.4. The second-order valence-electron chi connectivity index (χ2n) is 4.55. The van der Waals surface area contributed by atoms with Crippen molar-refractivity contribution < 1.29 is 17.6 Å². The van der Waals surface area contributed by atoms with Crippen LogP contribution >= 0.6 is 0 Å². The molecule has 2 rings (SSSR count). The Hall–Kier alpha value is -1.96. The van der Waals surface area contributed by atoms with Gasteiger partial charge in [0.15, 0.2) is 0 Å². The number of likely N-dealkylation sites (N-methyl/N-ethyl adjacent to an activating group) is 1. The van der Waals surface area contributed by atoms with E-state index in [-0.39, 0.29) is 12.0 Å². The lowest BCUT2D eigenvalue weighted by Gasteiger charge is -2.19. The van der Waals surface area contributed by atoms with E-state index in [2.05, 4.69) is 15.4 Å². The summed E-state index contributed by atoms with van der Waals surface area (Å²) in [6.45, 7) is 0. The second-order valence-corrected chi connectivity index (χ2v) is 4.55. The van der Waals surface area contributed by atoms with Crippen LogP contribution in [-0.4, -0.2) is 21.8 Å². The molecule has 0 aliphatic heterocycles. The van der Waals surface area contributed by atoms with Gasteiger partial charge in [0.1, 0.15) is 18.0 Å². The zero-order valence-electron chi connectivity index (χ0n) is 11.4. The summed E-state index contributed by atoms with van der Waals surface area (Å²) in [6.07, 6.45) is -3.15. The molecular formula is C13H14F4N4. The van der Waals surface area contributed by atoms with E-state index in [0.717, 1.165) is 6.07 Å². The first-order chi connectivity index (χ1) is 9.84. The van der Waals surface area contributed by atoms with Crippen LogP contribution in [0.5, 0.6) is 0 Å². The Morgan fingerprint density at radius 3 is 2.57 bits per heavy atom. The highest BCUT2D eigenvalue weighted by atomic mass is 19.4. The lowest BCUT2D eigenvalue weighted by atomic mass is 9.99. The maximum absolute atomic E-state index is 14.1. The van der Waals surface area contributed by atoms with Gasteiger partial charge in [-0.25, -0.2) is 9.37 Å². The molecule has 0 amide bonds. The minimum Gasteiger partial charge on any atom is -0.313 e. The summed E-state index contributed by atoms with van der Waals surface area (Å²) >= 11 is 0. The summed E-state index contributed by atoms with van der Waals surface area (Å²) < 4.78 is 53.9. The average molecular weight is 302 g/mol. The fraction of sp³-hybridized carbons (Fsp3) is 0.385. The van der Waals surface area contributed by atoms with E-state index >= 15 is 0 Å². The van der Waals surface area contributed by atoms with Crippen molar-refractivity contribution in [1.29, 1.82) is 0 Å². The monoisotopic (exact) mass is 302 g/mol. The van der Waals surface area contributed by atoms with E-state index in [0.29, 0.717) is 5.82 Å². The van der Waals surface area contributed by atoms with Crippen molar-refractivity contribution in [3.63, 3.8) is 0 Å². The highest BCUT2D eigenvalue weighted by Gasteiger charge is 2.35.